The van der Waals surface area contributed by atoms with Crippen LogP contribution in [0.15, 0.2) is 30.3 Å². The predicted octanol–water partition coefficient (Wildman–Crippen LogP) is 4.46. The van der Waals surface area contributed by atoms with Crippen LogP contribution >= 0.6 is 0 Å². The molecule has 2 rings (SSSR count). The molecule has 1 aromatic carbocycles. The summed E-state index contributed by atoms with van der Waals surface area (Å²) in [7, 11) is 0. The maximum Gasteiger partial charge on any atom is 0.229 e. The molecule has 1 fully saturated rings. The molecule has 2 atom stereocenters. The van der Waals surface area contributed by atoms with E-state index in [4.69, 9.17) is 0 Å². The van der Waals surface area contributed by atoms with Gasteiger partial charge in [0.05, 0.1) is 5.92 Å². The van der Waals surface area contributed by atoms with Gasteiger partial charge in [-0.3, -0.25) is 4.79 Å². The molecule has 0 bridgehead atoms. The third-order valence-electron chi connectivity index (χ3n) is 5.07. The SMILES string of the molecule is CCCC(C)C1CCN(C(=O)[C@H](C)c2ccccc2)CC1. The van der Waals surface area contributed by atoms with Crippen molar-refractivity contribution in [2.75, 3.05) is 13.1 Å². The molecule has 0 aliphatic carbocycles. The second-order valence-corrected chi connectivity index (χ2v) is 6.56. The quantitative estimate of drug-likeness (QED) is 0.782. The molecule has 1 unspecified atom stereocenters. The van der Waals surface area contributed by atoms with Crippen molar-refractivity contribution in [3.63, 3.8) is 0 Å². The summed E-state index contributed by atoms with van der Waals surface area (Å²) >= 11 is 0. The summed E-state index contributed by atoms with van der Waals surface area (Å²) in [6.45, 7) is 8.54. The van der Waals surface area contributed by atoms with E-state index in [1.54, 1.807) is 0 Å². The molecule has 1 amide bonds. The van der Waals surface area contributed by atoms with Gasteiger partial charge in [-0.15, -0.1) is 0 Å². The molecule has 1 aliphatic heterocycles. The van der Waals surface area contributed by atoms with Gasteiger partial charge in [0.2, 0.25) is 5.91 Å². The molecule has 1 aromatic rings. The Kier molecular flexibility index (Phi) is 5.84. The van der Waals surface area contributed by atoms with Gasteiger partial charge >= 0.3 is 0 Å². The van der Waals surface area contributed by atoms with Crippen LogP contribution in [0.2, 0.25) is 0 Å². The third kappa shape index (κ3) is 4.09. The largest absolute Gasteiger partial charge is 0.342 e. The highest BCUT2D eigenvalue weighted by Gasteiger charge is 2.28. The highest BCUT2D eigenvalue weighted by molar-refractivity contribution is 5.83. The summed E-state index contributed by atoms with van der Waals surface area (Å²) in [6, 6.07) is 10.1. The van der Waals surface area contributed by atoms with Crippen LogP contribution < -0.4 is 0 Å². The van der Waals surface area contributed by atoms with Gasteiger partial charge in [0.1, 0.15) is 0 Å². The fraction of sp³-hybridized carbons (Fsp3) is 0.632. The fourth-order valence-electron chi connectivity index (χ4n) is 3.54. The molecule has 116 valence electrons. The van der Waals surface area contributed by atoms with Crippen LogP contribution in [0.3, 0.4) is 0 Å². The van der Waals surface area contributed by atoms with Gasteiger partial charge in [-0.1, -0.05) is 57.0 Å². The maximum atomic E-state index is 12.6. The molecule has 2 nitrogen and oxygen atoms in total. The first-order chi connectivity index (χ1) is 10.1. The zero-order chi connectivity index (χ0) is 15.2. The topological polar surface area (TPSA) is 20.3 Å². The van der Waals surface area contributed by atoms with E-state index in [0.29, 0.717) is 5.91 Å². The molecular formula is C19H29NO. The lowest BCUT2D eigenvalue weighted by Crippen LogP contribution is -2.41. The monoisotopic (exact) mass is 287 g/mol. The van der Waals surface area contributed by atoms with Crippen molar-refractivity contribution >= 4 is 5.91 Å². The van der Waals surface area contributed by atoms with Crippen molar-refractivity contribution in [2.45, 2.75) is 52.4 Å². The van der Waals surface area contributed by atoms with Crippen molar-refractivity contribution < 1.29 is 4.79 Å². The van der Waals surface area contributed by atoms with Crippen LogP contribution in [0.25, 0.3) is 0 Å². The molecule has 0 N–H and O–H groups in total. The lowest BCUT2D eigenvalue weighted by Gasteiger charge is -2.36. The van der Waals surface area contributed by atoms with Crippen LogP contribution in [0.5, 0.6) is 0 Å². The normalized spacial score (nSPS) is 19.3. The first kappa shape index (κ1) is 16.1. The Labute approximate surface area is 129 Å². The summed E-state index contributed by atoms with van der Waals surface area (Å²) in [6.07, 6.45) is 4.94. The summed E-state index contributed by atoms with van der Waals surface area (Å²) in [5.41, 5.74) is 1.13. The molecule has 21 heavy (non-hydrogen) atoms. The molecule has 1 heterocycles. The van der Waals surface area contributed by atoms with Crippen molar-refractivity contribution in [1.29, 1.82) is 0 Å². The Morgan fingerprint density at radius 2 is 1.81 bits per heavy atom. The molecule has 0 radical (unpaired) electrons. The van der Waals surface area contributed by atoms with E-state index in [1.165, 1.54) is 25.7 Å². The first-order valence-electron chi connectivity index (χ1n) is 8.47. The maximum absolute atomic E-state index is 12.6. The van der Waals surface area contributed by atoms with Crippen molar-refractivity contribution in [2.24, 2.45) is 11.8 Å². The number of rotatable bonds is 5. The smallest absolute Gasteiger partial charge is 0.229 e. The van der Waals surface area contributed by atoms with Crippen LogP contribution in [0.1, 0.15) is 57.9 Å². The summed E-state index contributed by atoms with van der Waals surface area (Å²) < 4.78 is 0. The minimum Gasteiger partial charge on any atom is -0.342 e. The van der Waals surface area contributed by atoms with Gasteiger partial charge in [0.25, 0.3) is 0 Å². The minimum absolute atomic E-state index is 0.0178. The summed E-state index contributed by atoms with van der Waals surface area (Å²) in [5.74, 6) is 1.89. The molecule has 0 aromatic heterocycles. The van der Waals surface area contributed by atoms with Gasteiger partial charge in [-0.05, 0) is 37.2 Å². The molecule has 0 spiro atoms. The Balaban J connectivity index is 1.88. The zero-order valence-electron chi connectivity index (χ0n) is 13.7. The van der Waals surface area contributed by atoms with Gasteiger partial charge in [0, 0.05) is 13.1 Å². The van der Waals surface area contributed by atoms with E-state index in [9.17, 15) is 4.79 Å². The van der Waals surface area contributed by atoms with E-state index >= 15 is 0 Å². The number of likely N-dealkylation sites (tertiary alicyclic amines) is 1. The molecule has 2 heteroatoms. The minimum atomic E-state index is -0.0178. The predicted molar refractivity (Wildman–Crippen MR) is 88.2 cm³/mol. The second kappa shape index (κ2) is 7.63. The Morgan fingerprint density at radius 1 is 1.19 bits per heavy atom. The first-order valence-corrected chi connectivity index (χ1v) is 8.47. The number of amides is 1. The highest BCUT2D eigenvalue weighted by Crippen LogP contribution is 2.29. The number of piperidine rings is 1. The Bertz CT molecular complexity index is 434. The van der Waals surface area contributed by atoms with E-state index in [-0.39, 0.29) is 5.92 Å². The number of benzene rings is 1. The lowest BCUT2D eigenvalue weighted by atomic mass is 9.82. The molecule has 0 saturated carbocycles. The Hall–Kier alpha value is -1.31. The molecular weight excluding hydrogens is 258 g/mol. The number of hydrogen-bond acceptors (Lipinski definition) is 1. The highest BCUT2D eigenvalue weighted by atomic mass is 16.2. The fourth-order valence-corrected chi connectivity index (χ4v) is 3.54. The van der Waals surface area contributed by atoms with E-state index in [1.807, 2.05) is 25.1 Å². The van der Waals surface area contributed by atoms with Gasteiger partial charge in [-0.2, -0.15) is 0 Å². The average Bonchev–Trinajstić information content (AvgIpc) is 2.54. The molecule has 1 saturated heterocycles. The van der Waals surface area contributed by atoms with Crippen LogP contribution in [0, 0.1) is 11.8 Å². The van der Waals surface area contributed by atoms with Gasteiger partial charge < -0.3 is 4.90 Å². The van der Waals surface area contributed by atoms with Crippen LogP contribution in [-0.4, -0.2) is 23.9 Å². The average molecular weight is 287 g/mol. The summed E-state index contributed by atoms with van der Waals surface area (Å²) in [5, 5.41) is 0. The summed E-state index contributed by atoms with van der Waals surface area (Å²) in [4.78, 5) is 14.7. The van der Waals surface area contributed by atoms with Crippen molar-refractivity contribution in [1.82, 2.24) is 4.90 Å². The van der Waals surface area contributed by atoms with Crippen molar-refractivity contribution in [3.05, 3.63) is 35.9 Å². The second-order valence-electron chi connectivity index (χ2n) is 6.56. The van der Waals surface area contributed by atoms with Gasteiger partial charge in [0.15, 0.2) is 0 Å². The standard InChI is InChI=1S/C19H29NO/c1-4-8-15(2)17-11-13-20(14-12-17)19(21)16(3)18-9-6-5-7-10-18/h5-7,9-10,15-17H,4,8,11-14H2,1-3H3/t15?,16-/m1/s1. The van der Waals surface area contributed by atoms with Crippen LogP contribution in [0.4, 0.5) is 0 Å². The number of carbonyl (C=O) groups is 1. The Morgan fingerprint density at radius 3 is 2.38 bits per heavy atom. The van der Waals surface area contributed by atoms with E-state index < -0.39 is 0 Å². The van der Waals surface area contributed by atoms with E-state index in [2.05, 4.69) is 30.9 Å². The van der Waals surface area contributed by atoms with E-state index in [0.717, 1.165) is 30.5 Å². The number of nitrogens with zero attached hydrogens (tertiary/aromatic N) is 1. The third-order valence-corrected chi connectivity index (χ3v) is 5.07. The number of carbonyl (C=O) groups excluding carboxylic acids is 1. The van der Waals surface area contributed by atoms with Gasteiger partial charge in [-0.25, -0.2) is 0 Å². The van der Waals surface area contributed by atoms with Crippen molar-refractivity contribution in [3.8, 4) is 0 Å². The van der Waals surface area contributed by atoms with Crippen LogP contribution in [-0.2, 0) is 4.79 Å². The number of hydrogen-bond donors (Lipinski definition) is 0. The molecule has 1 aliphatic rings. The lowest BCUT2D eigenvalue weighted by molar-refractivity contribution is -0.134. The zero-order valence-corrected chi connectivity index (χ0v) is 13.7.